The van der Waals surface area contributed by atoms with Crippen molar-refractivity contribution < 1.29 is 13.2 Å². The Balaban J connectivity index is 1.43. The lowest BCUT2D eigenvalue weighted by Gasteiger charge is -2.16. The van der Waals surface area contributed by atoms with E-state index in [-0.39, 0.29) is 4.90 Å². The van der Waals surface area contributed by atoms with Crippen LogP contribution in [-0.4, -0.2) is 14.3 Å². The van der Waals surface area contributed by atoms with Crippen LogP contribution in [0.25, 0.3) is 17.2 Å². The molecule has 1 amide bonds. The maximum atomic E-state index is 12.4. The standard InChI is InChI=1S/C32H27NO3S/c34-31(33-37(35,36)28-14-5-2-6-15-28)23-20-24-18-21-27(22-19-24)32-29-16-8-7-12-26(29)13-9-17-30(32)25-10-3-1-4-11-25/h1-8,10-12,14-16,18-23H,9,13,17H2,(H,33,34). The van der Waals surface area contributed by atoms with E-state index in [1.54, 1.807) is 24.3 Å². The summed E-state index contributed by atoms with van der Waals surface area (Å²) >= 11 is 0. The van der Waals surface area contributed by atoms with E-state index in [1.807, 2.05) is 18.2 Å². The van der Waals surface area contributed by atoms with Crippen molar-refractivity contribution in [3.05, 3.63) is 143 Å². The number of allylic oxidation sites excluding steroid dienone is 1. The number of nitrogens with one attached hydrogen (secondary N) is 1. The summed E-state index contributed by atoms with van der Waals surface area (Å²) in [6, 6.07) is 35.0. The first-order valence-corrected chi connectivity index (χ1v) is 13.8. The smallest absolute Gasteiger partial charge is 0.264 e. The first-order valence-electron chi connectivity index (χ1n) is 12.3. The number of carbonyl (C=O) groups excluding carboxylic acids is 1. The van der Waals surface area contributed by atoms with Gasteiger partial charge in [-0.15, -0.1) is 0 Å². The van der Waals surface area contributed by atoms with Gasteiger partial charge in [-0.3, -0.25) is 4.79 Å². The highest BCUT2D eigenvalue weighted by atomic mass is 32.2. The van der Waals surface area contributed by atoms with Gasteiger partial charge < -0.3 is 0 Å². The molecule has 1 aliphatic rings. The van der Waals surface area contributed by atoms with Crippen molar-refractivity contribution in [2.75, 3.05) is 0 Å². The summed E-state index contributed by atoms with van der Waals surface area (Å²) in [5.74, 6) is -0.695. The number of amides is 1. The molecule has 0 atom stereocenters. The Morgan fingerprint density at radius 3 is 2.08 bits per heavy atom. The van der Waals surface area contributed by atoms with E-state index in [2.05, 4.69) is 65.4 Å². The number of hydrogen-bond donors (Lipinski definition) is 1. The van der Waals surface area contributed by atoms with Crippen molar-refractivity contribution in [1.29, 1.82) is 0 Å². The highest BCUT2D eigenvalue weighted by Crippen LogP contribution is 2.39. The molecular formula is C32H27NO3S. The minimum atomic E-state index is -3.91. The molecule has 4 aromatic rings. The average Bonchev–Trinajstić information content (AvgIpc) is 3.13. The predicted octanol–water partition coefficient (Wildman–Crippen LogP) is 6.50. The Hall–Kier alpha value is -4.22. The minimum absolute atomic E-state index is 0.0484. The van der Waals surface area contributed by atoms with Gasteiger partial charge in [0.05, 0.1) is 4.90 Å². The molecule has 184 valence electrons. The lowest BCUT2D eigenvalue weighted by molar-refractivity contribution is -0.114. The fourth-order valence-electron chi connectivity index (χ4n) is 4.74. The molecule has 37 heavy (non-hydrogen) atoms. The summed E-state index contributed by atoms with van der Waals surface area (Å²) in [4.78, 5) is 12.4. The second kappa shape index (κ2) is 10.8. The second-order valence-electron chi connectivity index (χ2n) is 8.97. The number of sulfonamides is 1. The third-order valence-corrected chi connectivity index (χ3v) is 7.86. The van der Waals surface area contributed by atoms with Crippen molar-refractivity contribution >= 4 is 33.2 Å². The van der Waals surface area contributed by atoms with Crippen LogP contribution in [0.5, 0.6) is 0 Å². The molecule has 0 saturated carbocycles. The van der Waals surface area contributed by atoms with Crippen LogP contribution in [0, 0.1) is 0 Å². The summed E-state index contributed by atoms with van der Waals surface area (Å²) in [5.41, 5.74) is 8.33. The van der Waals surface area contributed by atoms with Gasteiger partial charge in [0.2, 0.25) is 0 Å². The van der Waals surface area contributed by atoms with Crippen molar-refractivity contribution in [1.82, 2.24) is 4.72 Å². The molecule has 4 aromatic carbocycles. The molecular weight excluding hydrogens is 478 g/mol. The summed E-state index contributed by atoms with van der Waals surface area (Å²) < 4.78 is 26.8. The number of aryl methyl sites for hydroxylation is 1. The number of hydrogen-bond acceptors (Lipinski definition) is 3. The third-order valence-electron chi connectivity index (χ3n) is 6.50. The van der Waals surface area contributed by atoms with E-state index < -0.39 is 15.9 Å². The van der Waals surface area contributed by atoms with Crippen LogP contribution in [0.2, 0.25) is 0 Å². The maximum absolute atomic E-state index is 12.4. The molecule has 5 rings (SSSR count). The summed E-state index contributed by atoms with van der Waals surface area (Å²) in [6.07, 6.45) is 5.98. The van der Waals surface area contributed by atoms with E-state index in [1.165, 1.54) is 46.0 Å². The van der Waals surface area contributed by atoms with Gasteiger partial charge in [-0.1, -0.05) is 97.1 Å². The van der Waals surface area contributed by atoms with E-state index in [4.69, 9.17) is 0 Å². The fraction of sp³-hybridized carbons (Fsp3) is 0.0938. The van der Waals surface area contributed by atoms with E-state index in [0.29, 0.717) is 0 Å². The number of carbonyl (C=O) groups is 1. The largest absolute Gasteiger partial charge is 0.269 e. The van der Waals surface area contributed by atoms with Gasteiger partial charge in [-0.2, -0.15) is 0 Å². The second-order valence-corrected chi connectivity index (χ2v) is 10.7. The minimum Gasteiger partial charge on any atom is -0.269 e. The number of fused-ring (bicyclic) bond motifs is 1. The summed E-state index contributed by atoms with van der Waals surface area (Å²) in [7, 11) is -3.91. The molecule has 0 aliphatic heterocycles. The Bertz CT molecular complexity index is 1570. The Kier molecular flexibility index (Phi) is 7.15. The highest BCUT2D eigenvalue weighted by Gasteiger charge is 2.20. The predicted molar refractivity (Wildman–Crippen MR) is 149 cm³/mol. The van der Waals surface area contributed by atoms with Gasteiger partial charge >= 0.3 is 0 Å². The highest BCUT2D eigenvalue weighted by molar-refractivity contribution is 7.90. The third kappa shape index (κ3) is 5.63. The fourth-order valence-corrected chi connectivity index (χ4v) is 5.71. The topological polar surface area (TPSA) is 63.2 Å². The van der Waals surface area contributed by atoms with Crippen molar-refractivity contribution in [3.8, 4) is 0 Å². The molecule has 0 heterocycles. The van der Waals surface area contributed by atoms with E-state index in [9.17, 15) is 13.2 Å². The van der Waals surface area contributed by atoms with Crippen molar-refractivity contribution in [2.45, 2.75) is 24.2 Å². The van der Waals surface area contributed by atoms with Gasteiger partial charge in [-0.25, -0.2) is 13.1 Å². The molecule has 0 aromatic heterocycles. The molecule has 0 fully saturated rings. The Morgan fingerprint density at radius 2 is 1.35 bits per heavy atom. The van der Waals surface area contributed by atoms with Crippen LogP contribution < -0.4 is 4.72 Å². The Morgan fingerprint density at radius 1 is 0.703 bits per heavy atom. The van der Waals surface area contributed by atoms with Crippen LogP contribution in [0.1, 0.15) is 40.7 Å². The summed E-state index contributed by atoms with van der Waals surface area (Å²) in [6.45, 7) is 0. The molecule has 0 radical (unpaired) electrons. The zero-order chi connectivity index (χ0) is 25.7. The number of rotatable bonds is 6. The Labute approximate surface area is 218 Å². The molecule has 0 saturated heterocycles. The maximum Gasteiger partial charge on any atom is 0.264 e. The molecule has 4 nitrogen and oxygen atoms in total. The number of benzene rings is 4. The van der Waals surface area contributed by atoms with Crippen LogP contribution in [0.4, 0.5) is 0 Å². The van der Waals surface area contributed by atoms with Gasteiger partial charge in [-0.05, 0) is 76.4 Å². The molecule has 0 bridgehead atoms. The van der Waals surface area contributed by atoms with Gasteiger partial charge in [0, 0.05) is 6.08 Å². The normalized spacial score (nSPS) is 13.7. The first kappa shape index (κ1) is 24.5. The SMILES string of the molecule is O=C(C=Cc1ccc(C2=C(c3ccccc3)CCCc3ccccc32)cc1)NS(=O)(=O)c1ccccc1. The average molecular weight is 506 g/mol. The molecule has 1 N–H and O–H groups in total. The molecule has 1 aliphatic carbocycles. The lowest BCUT2D eigenvalue weighted by Crippen LogP contribution is -2.28. The van der Waals surface area contributed by atoms with E-state index >= 15 is 0 Å². The summed E-state index contributed by atoms with van der Waals surface area (Å²) in [5, 5.41) is 0. The van der Waals surface area contributed by atoms with Crippen molar-refractivity contribution in [3.63, 3.8) is 0 Å². The lowest BCUT2D eigenvalue weighted by atomic mass is 9.87. The zero-order valence-corrected chi connectivity index (χ0v) is 21.1. The van der Waals surface area contributed by atoms with Crippen LogP contribution in [0.3, 0.4) is 0 Å². The monoisotopic (exact) mass is 505 g/mol. The zero-order valence-electron chi connectivity index (χ0n) is 20.3. The first-order chi connectivity index (χ1) is 18.0. The molecule has 0 unspecified atom stereocenters. The molecule has 5 heteroatoms. The van der Waals surface area contributed by atoms with Gasteiger partial charge in [0.25, 0.3) is 15.9 Å². The van der Waals surface area contributed by atoms with Crippen molar-refractivity contribution in [2.24, 2.45) is 0 Å². The van der Waals surface area contributed by atoms with Crippen LogP contribution in [-0.2, 0) is 21.2 Å². The molecule has 0 spiro atoms. The van der Waals surface area contributed by atoms with E-state index in [0.717, 1.165) is 30.4 Å². The van der Waals surface area contributed by atoms with Crippen LogP contribution in [0.15, 0.2) is 120 Å². The van der Waals surface area contributed by atoms with Crippen LogP contribution >= 0.6 is 0 Å². The quantitative estimate of drug-likeness (QED) is 0.304. The van der Waals surface area contributed by atoms with Gasteiger partial charge in [0.1, 0.15) is 0 Å². The van der Waals surface area contributed by atoms with Gasteiger partial charge in [0.15, 0.2) is 0 Å².